The lowest BCUT2D eigenvalue weighted by molar-refractivity contribution is 1.07. The normalized spacial score (nSPS) is 11.7. The molecule has 5 heteroatoms. The van der Waals surface area contributed by atoms with E-state index in [1.807, 2.05) is 54.6 Å². The first-order valence-corrected chi connectivity index (χ1v) is 24.9. The third-order valence-corrected chi connectivity index (χ3v) is 14.1. The van der Waals surface area contributed by atoms with Crippen molar-refractivity contribution in [1.29, 1.82) is 0 Å². The Morgan fingerprint density at radius 3 is 1.39 bits per heavy atom. The summed E-state index contributed by atoms with van der Waals surface area (Å²) in [6.07, 6.45) is 5.68. The average molecular weight is 946 g/mol. The maximum atomic E-state index is 5.33. The second-order valence-electron chi connectivity index (χ2n) is 18.4. The minimum atomic E-state index is 0.572. The number of rotatable bonds is 11. The van der Waals surface area contributed by atoms with Gasteiger partial charge in [0.05, 0.1) is 27.8 Å². The third kappa shape index (κ3) is 7.63. The minimum Gasteiger partial charge on any atom is -0.309 e. The summed E-state index contributed by atoms with van der Waals surface area (Å²) in [5.74, 6) is 1.77. The highest BCUT2D eigenvalue weighted by atomic mass is 15.0. The molecule has 0 atom stereocenters. The molecule has 0 bridgehead atoms. The van der Waals surface area contributed by atoms with Gasteiger partial charge in [-0.3, -0.25) is 0 Å². The standard InChI is InChI=1S/C69H47N5/c1-3-21-46(4-2)48-34-38-50(39-35-48)59-44-54(69-71-67(52-24-11-6-12-25-52)70-68(72-69)53-26-13-7-14-27-53)45-60(51-40-36-49(37-41-51)47-22-9-5-10-23-47)65(59)74-61-32-19-17-30-56(61)57-42-43-63-64(66(57)74)58-31-18-20-33-62(58)73(63)55-28-15-8-16-29-55/h3-45H,1-2H2/b46-21+. The highest BCUT2D eigenvalue weighted by Crippen LogP contribution is 2.47. The summed E-state index contributed by atoms with van der Waals surface area (Å²) < 4.78 is 4.94. The van der Waals surface area contributed by atoms with Crippen molar-refractivity contribution < 1.29 is 0 Å². The van der Waals surface area contributed by atoms with Crippen LogP contribution in [-0.2, 0) is 0 Å². The molecule has 0 radical (unpaired) electrons. The molecule has 0 amide bonds. The fourth-order valence-corrected chi connectivity index (χ4v) is 10.7. The van der Waals surface area contributed by atoms with Gasteiger partial charge in [0.2, 0.25) is 0 Å². The zero-order valence-electron chi connectivity index (χ0n) is 40.5. The van der Waals surface area contributed by atoms with Gasteiger partial charge in [-0.2, -0.15) is 0 Å². The zero-order valence-corrected chi connectivity index (χ0v) is 40.5. The van der Waals surface area contributed by atoms with E-state index in [-0.39, 0.29) is 0 Å². The fourth-order valence-electron chi connectivity index (χ4n) is 10.7. The average Bonchev–Trinajstić information content (AvgIpc) is 4.08. The van der Waals surface area contributed by atoms with Gasteiger partial charge in [0.25, 0.3) is 0 Å². The Morgan fingerprint density at radius 1 is 0.365 bits per heavy atom. The number of benzene rings is 10. The van der Waals surface area contributed by atoms with E-state index in [1.165, 1.54) is 21.5 Å². The Balaban J connectivity index is 1.19. The summed E-state index contributed by atoms with van der Waals surface area (Å²) >= 11 is 0. The van der Waals surface area contributed by atoms with E-state index in [9.17, 15) is 0 Å². The Bertz CT molecular complexity index is 4230. The molecule has 13 rings (SSSR count). The van der Waals surface area contributed by atoms with Gasteiger partial charge in [0.1, 0.15) is 0 Å². The van der Waals surface area contributed by atoms with E-state index in [2.05, 4.69) is 229 Å². The molecule has 348 valence electrons. The predicted molar refractivity (Wildman–Crippen MR) is 309 cm³/mol. The number of hydrogen-bond donors (Lipinski definition) is 0. The van der Waals surface area contributed by atoms with E-state index >= 15 is 0 Å². The second-order valence-corrected chi connectivity index (χ2v) is 18.4. The molecule has 0 saturated heterocycles. The van der Waals surface area contributed by atoms with Crippen molar-refractivity contribution in [3.63, 3.8) is 0 Å². The van der Waals surface area contributed by atoms with E-state index in [0.717, 1.165) is 94.6 Å². The van der Waals surface area contributed by atoms with Crippen molar-refractivity contribution >= 4 is 49.2 Å². The molecule has 0 spiro atoms. The summed E-state index contributed by atoms with van der Waals surface area (Å²) in [5.41, 5.74) is 17.8. The van der Waals surface area contributed by atoms with E-state index < -0.39 is 0 Å². The van der Waals surface area contributed by atoms with Gasteiger partial charge in [0.15, 0.2) is 17.5 Å². The minimum absolute atomic E-state index is 0.572. The predicted octanol–water partition coefficient (Wildman–Crippen LogP) is 17.8. The van der Waals surface area contributed by atoms with E-state index in [4.69, 9.17) is 15.0 Å². The maximum absolute atomic E-state index is 5.33. The summed E-state index contributed by atoms with van der Waals surface area (Å²) in [7, 11) is 0. The van der Waals surface area contributed by atoms with Gasteiger partial charge < -0.3 is 9.13 Å². The van der Waals surface area contributed by atoms with Gasteiger partial charge in [-0.25, -0.2) is 15.0 Å². The van der Waals surface area contributed by atoms with Crippen molar-refractivity contribution in [3.05, 3.63) is 280 Å². The zero-order chi connectivity index (χ0) is 49.5. The van der Waals surface area contributed by atoms with E-state index in [0.29, 0.717) is 17.5 Å². The molecule has 0 unspecified atom stereocenters. The SMILES string of the molecule is C=C/C=C(\C=C)c1ccc(-c2cc(-c3nc(-c4ccccc4)nc(-c4ccccc4)n3)cc(-c3ccc(-c4ccccc4)cc3)c2-n2c3ccccc3c3ccc4c(c5ccccc5n4-c4ccccc4)c32)cc1. The third-order valence-electron chi connectivity index (χ3n) is 14.1. The largest absolute Gasteiger partial charge is 0.309 e. The number of aromatic nitrogens is 5. The molecule has 0 aliphatic heterocycles. The molecule has 3 heterocycles. The van der Waals surface area contributed by atoms with Crippen LogP contribution in [0.5, 0.6) is 0 Å². The second kappa shape index (κ2) is 18.7. The lowest BCUT2D eigenvalue weighted by atomic mass is 9.91. The highest BCUT2D eigenvalue weighted by Gasteiger charge is 2.26. The first-order chi connectivity index (χ1) is 36.6. The van der Waals surface area contributed by atoms with Crippen molar-refractivity contribution in [2.75, 3.05) is 0 Å². The van der Waals surface area contributed by atoms with E-state index in [1.54, 1.807) is 0 Å². The molecular formula is C69H47N5. The van der Waals surface area contributed by atoms with Crippen LogP contribution in [-0.4, -0.2) is 24.1 Å². The summed E-state index contributed by atoms with van der Waals surface area (Å²) in [4.78, 5) is 15.8. The highest BCUT2D eigenvalue weighted by molar-refractivity contribution is 6.26. The first kappa shape index (κ1) is 44.0. The van der Waals surface area contributed by atoms with Gasteiger partial charge in [0, 0.05) is 55.0 Å². The molecular weight excluding hydrogens is 899 g/mol. The van der Waals surface area contributed by atoms with Gasteiger partial charge in [-0.05, 0) is 75.9 Å². The van der Waals surface area contributed by atoms with Crippen molar-refractivity contribution in [3.8, 4) is 78.9 Å². The van der Waals surface area contributed by atoms with Crippen LogP contribution in [0.1, 0.15) is 5.56 Å². The van der Waals surface area contributed by atoms with Crippen molar-refractivity contribution in [2.24, 2.45) is 0 Å². The number of fused-ring (bicyclic) bond motifs is 7. The lowest BCUT2D eigenvalue weighted by Gasteiger charge is -2.22. The number of nitrogens with zero attached hydrogens (tertiary/aromatic N) is 5. The Morgan fingerprint density at radius 2 is 0.824 bits per heavy atom. The number of para-hydroxylation sites is 3. The Hall–Kier alpha value is -9.97. The summed E-state index contributed by atoms with van der Waals surface area (Å²) in [5, 5.41) is 4.69. The number of allylic oxidation sites excluding steroid dienone is 4. The molecule has 13 aromatic rings. The molecule has 10 aromatic carbocycles. The van der Waals surface area contributed by atoms with Crippen molar-refractivity contribution in [2.45, 2.75) is 0 Å². The molecule has 74 heavy (non-hydrogen) atoms. The van der Waals surface area contributed by atoms with Crippen LogP contribution in [0.15, 0.2) is 274 Å². The fraction of sp³-hybridized carbons (Fsp3) is 0. The molecule has 0 aliphatic carbocycles. The number of hydrogen-bond acceptors (Lipinski definition) is 3. The molecule has 3 aromatic heterocycles. The van der Waals surface area contributed by atoms with Gasteiger partial charge in [-0.1, -0.05) is 232 Å². The quantitative estimate of drug-likeness (QED) is 0.121. The van der Waals surface area contributed by atoms with Gasteiger partial charge in [-0.15, -0.1) is 0 Å². The Labute approximate surface area is 429 Å². The molecule has 5 nitrogen and oxygen atoms in total. The van der Waals surface area contributed by atoms with Crippen molar-refractivity contribution in [1.82, 2.24) is 24.1 Å². The van der Waals surface area contributed by atoms with Crippen LogP contribution < -0.4 is 0 Å². The monoisotopic (exact) mass is 945 g/mol. The van der Waals surface area contributed by atoms with Crippen LogP contribution in [0.3, 0.4) is 0 Å². The molecule has 0 fully saturated rings. The van der Waals surface area contributed by atoms with Gasteiger partial charge >= 0.3 is 0 Å². The molecule has 0 N–H and O–H groups in total. The van der Waals surface area contributed by atoms with Crippen LogP contribution in [0.25, 0.3) is 128 Å². The summed E-state index contributed by atoms with van der Waals surface area (Å²) in [6.45, 7) is 8.14. The van der Waals surface area contributed by atoms with Crippen LogP contribution >= 0.6 is 0 Å². The summed E-state index contributed by atoms with van der Waals surface area (Å²) in [6, 6.07) is 86.3. The smallest absolute Gasteiger partial charge is 0.164 e. The first-order valence-electron chi connectivity index (χ1n) is 24.9. The lowest BCUT2D eigenvalue weighted by Crippen LogP contribution is -2.04. The molecule has 0 aliphatic rings. The van der Waals surface area contributed by atoms with Crippen LogP contribution in [0, 0.1) is 0 Å². The van der Waals surface area contributed by atoms with Crippen LogP contribution in [0.4, 0.5) is 0 Å². The maximum Gasteiger partial charge on any atom is 0.164 e. The van der Waals surface area contributed by atoms with Crippen LogP contribution in [0.2, 0.25) is 0 Å². The molecule has 0 saturated carbocycles. The topological polar surface area (TPSA) is 48.5 Å². The Kier molecular flexibility index (Phi) is 11.1.